The molecule has 1 saturated carbocycles. The van der Waals surface area contributed by atoms with Gasteiger partial charge in [0.05, 0.1) is 12.1 Å². The van der Waals surface area contributed by atoms with Gasteiger partial charge in [-0.05, 0) is 37.3 Å². The van der Waals surface area contributed by atoms with Crippen LogP contribution in [0, 0.1) is 6.92 Å². The van der Waals surface area contributed by atoms with Crippen molar-refractivity contribution >= 4 is 5.91 Å². The zero-order valence-corrected chi connectivity index (χ0v) is 11.9. The summed E-state index contributed by atoms with van der Waals surface area (Å²) in [6.45, 7) is 3.35. The Balaban J connectivity index is 1.61. The first-order valence-corrected chi connectivity index (χ1v) is 7.36. The van der Waals surface area contributed by atoms with Gasteiger partial charge in [0.2, 0.25) is 5.91 Å². The molecule has 1 saturated heterocycles. The van der Waals surface area contributed by atoms with Gasteiger partial charge in [-0.15, -0.1) is 0 Å². The highest BCUT2D eigenvalue weighted by atomic mass is 16.3. The Kier molecular flexibility index (Phi) is 3.52. The van der Waals surface area contributed by atoms with Gasteiger partial charge in [0.1, 0.15) is 0 Å². The van der Waals surface area contributed by atoms with E-state index in [-0.39, 0.29) is 17.4 Å². The minimum Gasteiger partial charge on any atom is -0.392 e. The summed E-state index contributed by atoms with van der Waals surface area (Å²) in [6.07, 6.45) is 2.40. The number of benzene rings is 1. The van der Waals surface area contributed by atoms with Crippen LogP contribution >= 0.6 is 0 Å². The first-order chi connectivity index (χ1) is 9.61. The van der Waals surface area contributed by atoms with Crippen molar-refractivity contribution in [2.45, 2.75) is 43.7 Å². The Morgan fingerprint density at radius 1 is 1.45 bits per heavy atom. The van der Waals surface area contributed by atoms with Gasteiger partial charge in [-0.2, -0.15) is 0 Å². The normalized spacial score (nSPS) is 27.3. The van der Waals surface area contributed by atoms with Crippen LogP contribution in [0.1, 0.15) is 30.4 Å². The van der Waals surface area contributed by atoms with Gasteiger partial charge in [0.25, 0.3) is 0 Å². The summed E-state index contributed by atoms with van der Waals surface area (Å²) in [5.41, 5.74) is 2.80. The second-order valence-electron chi connectivity index (χ2n) is 6.16. The number of aryl methyl sites for hydroxylation is 1. The predicted molar refractivity (Wildman–Crippen MR) is 77.5 cm³/mol. The molecule has 1 heterocycles. The van der Waals surface area contributed by atoms with Gasteiger partial charge in [0.15, 0.2) is 0 Å². The Morgan fingerprint density at radius 3 is 2.80 bits per heavy atom. The minimum absolute atomic E-state index is 0.0152. The standard InChI is InChI=1S/C16H22N2O2/c1-11-4-2-3-5-13(11)16(6-7-16)10-18-15(20)14-8-12(19)9-17-14/h2-5,12,14,17,19H,6-10H2,1H3,(H,18,20). The molecule has 0 bridgehead atoms. The van der Waals surface area contributed by atoms with Gasteiger partial charge in [-0.3, -0.25) is 4.79 Å². The first kappa shape index (κ1) is 13.6. The van der Waals surface area contributed by atoms with Crippen LogP contribution in [0.4, 0.5) is 0 Å². The molecule has 0 aromatic heterocycles. The zero-order chi connectivity index (χ0) is 14.2. The summed E-state index contributed by atoms with van der Waals surface area (Å²) in [6, 6.07) is 8.19. The monoisotopic (exact) mass is 274 g/mol. The Hall–Kier alpha value is -1.39. The zero-order valence-electron chi connectivity index (χ0n) is 11.9. The highest BCUT2D eigenvalue weighted by molar-refractivity contribution is 5.82. The molecule has 1 amide bonds. The molecule has 2 unspecified atom stereocenters. The quantitative estimate of drug-likeness (QED) is 0.763. The fraction of sp³-hybridized carbons (Fsp3) is 0.562. The number of rotatable bonds is 4. The van der Waals surface area contributed by atoms with Gasteiger partial charge in [-0.25, -0.2) is 0 Å². The smallest absolute Gasteiger partial charge is 0.237 e. The Labute approximate surface area is 119 Å². The van der Waals surface area contributed by atoms with E-state index in [0.717, 1.165) is 12.8 Å². The molecule has 20 heavy (non-hydrogen) atoms. The van der Waals surface area contributed by atoms with Crippen molar-refractivity contribution in [2.24, 2.45) is 0 Å². The molecule has 0 radical (unpaired) electrons. The van der Waals surface area contributed by atoms with Gasteiger partial charge < -0.3 is 15.7 Å². The summed E-state index contributed by atoms with van der Waals surface area (Å²) in [7, 11) is 0. The largest absolute Gasteiger partial charge is 0.392 e. The van der Waals surface area contributed by atoms with E-state index in [1.165, 1.54) is 11.1 Å². The lowest BCUT2D eigenvalue weighted by atomic mass is 9.92. The molecule has 4 nitrogen and oxygen atoms in total. The molecule has 108 valence electrons. The average Bonchev–Trinajstić information content (AvgIpc) is 3.10. The van der Waals surface area contributed by atoms with Crippen molar-refractivity contribution in [1.29, 1.82) is 0 Å². The fourth-order valence-electron chi connectivity index (χ4n) is 3.16. The molecule has 1 aliphatic carbocycles. The van der Waals surface area contributed by atoms with Crippen molar-refractivity contribution < 1.29 is 9.90 Å². The summed E-state index contributed by atoms with van der Waals surface area (Å²) in [5, 5.41) is 15.6. The van der Waals surface area contributed by atoms with Crippen LogP contribution in [0.25, 0.3) is 0 Å². The molecular weight excluding hydrogens is 252 g/mol. The molecule has 0 spiro atoms. The van der Waals surface area contributed by atoms with E-state index in [1.54, 1.807) is 0 Å². The second kappa shape index (κ2) is 5.19. The van der Waals surface area contributed by atoms with Gasteiger partial charge in [-0.1, -0.05) is 24.3 Å². The average molecular weight is 274 g/mol. The number of β-amino-alcohol motifs (C(OH)–C–C–N with tert-alkyl or cyclic N) is 1. The molecule has 1 aromatic carbocycles. The Bertz CT molecular complexity index is 511. The molecule has 1 aromatic rings. The number of amides is 1. The molecule has 2 aliphatic rings. The molecule has 3 rings (SSSR count). The van der Waals surface area contributed by atoms with Crippen molar-refractivity contribution in [3.05, 3.63) is 35.4 Å². The summed E-state index contributed by atoms with van der Waals surface area (Å²) >= 11 is 0. The molecule has 2 atom stereocenters. The number of hydrogen-bond acceptors (Lipinski definition) is 3. The van der Waals surface area contributed by atoms with Crippen molar-refractivity contribution in [2.75, 3.05) is 13.1 Å². The molecule has 4 heteroatoms. The lowest BCUT2D eigenvalue weighted by Gasteiger charge is -2.20. The third kappa shape index (κ3) is 2.58. The number of carbonyl (C=O) groups excluding carboxylic acids is 1. The highest BCUT2D eigenvalue weighted by Crippen LogP contribution is 2.48. The van der Waals surface area contributed by atoms with Crippen LogP contribution in [0.2, 0.25) is 0 Å². The number of carbonyl (C=O) groups is 1. The first-order valence-electron chi connectivity index (χ1n) is 7.36. The maximum atomic E-state index is 12.1. The minimum atomic E-state index is -0.392. The summed E-state index contributed by atoms with van der Waals surface area (Å²) in [5.74, 6) is 0.0152. The van der Waals surface area contributed by atoms with E-state index in [4.69, 9.17) is 0 Å². The van der Waals surface area contributed by atoms with E-state index in [9.17, 15) is 9.90 Å². The van der Waals surface area contributed by atoms with Crippen molar-refractivity contribution in [3.63, 3.8) is 0 Å². The lowest BCUT2D eigenvalue weighted by Crippen LogP contribution is -2.43. The molecule has 2 fully saturated rings. The molecule has 3 N–H and O–H groups in total. The van der Waals surface area contributed by atoms with Crippen LogP contribution in [-0.2, 0) is 10.2 Å². The molecular formula is C16H22N2O2. The molecule has 1 aliphatic heterocycles. The second-order valence-corrected chi connectivity index (χ2v) is 6.16. The number of nitrogens with one attached hydrogen (secondary N) is 2. The number of hydrogen-bond donors (Lipinski definition) is 3. The topological polar surface area (TPSA) is 61.4 Å². The van der Waals surface area contributed by atoms with E-state index in [2.05, 4.69) is 41.8 Å². The van der Waals surface area contributed by atoms with Crippen LogP contribution in [0.3, 0.4) is 0 Å². The van der Waals surface area contributed by atoms with Crippen molar-refractivity contribution in [3.8, 4) is 0 Å². The summed E-state index contributed by atoms with van der Waals surface area (Å²) in [4.78, 5) is 12.1. The van der Waals surface area contributed by atoms with Crippen LogP contribution in [0.15, 0.2) is 24.3 Å². The van der Waals surface area contributed by atoms with Crippen LogP contribution < -0.4 is 10.6 Å². The van der Waals surface area contributed by atoms with Gasteiger partial charge in [0, 0.05) is 18.5 Å². The van der Waals surface area contributed by atoms with E-state index in [1.807, 2.05) is 0 Å². The SMILES string of the molecule is Cc1ccccc1C1(CNC(=O)C2CC(O)CN2)CC1. The Morgan fingerprint density at radius 2 is 2.20 bits per heavy atom. The number of aliphatic hydroxyl groups is 1. The van der Waals surface area contributed by atoms with Crippen molar-refractivity contribution in [1.82, 2.24) is 10.6 Å². The van der Waals surface area contributed by atoms with E-state index in [0.29, 0.717) is 19.5 Å². The number of aliphatic hydroxyl groups excluding tert-OH is 1. The van der Waals surface area contributed by atoms with E-state index >= 15 is 0 Å². The highest BCUT2D eigenvalue weighted by Gasteiger charge is 2.45. The van der Waals surface area contributed by atoms with E-state index < -0.39 is 6.10 Å². The van der Waals surface area contributed by atoms with Gasteiger partial charge >= 0.3 is 0 Å². The third-order valence-electron chi connectivity index (χ3n) is 4.60. The third-order valence-corrected chi connectivity index (χ3v) is 4.60. The van der Waals surface area contributed by atoms with Crippen LogP contribution in [-0.4, -0.2) is 36.2 Å². The maximum absolute atomic E-state index is 12.1. The fourth-order valence-corrected chi connectivity index (χ4v) is 3.16. The predicted octanol–water partition coefficient (Wildman–Crippen LogP) is 0.866. The summed E-state index contributed by atoms with van der Waals surface area (Å²) < 4.78 is 0. The lowest BCUT2D eigenvalue weighted by molar-refractivity contribution is -0.123. The van der Waals surface area contributed by atoms with Crippen LogP contribution in [0.5, 0.6) is 0 Å². The maximum Gasteiger partial charge on any atom is 0.237 e.